The quantitative estimate of drug-likeness (QED) is 0.876. The summed E-state index contributed by atoms with van der Waals surface area (Å²) in [5, 5.41) is 10.2. The highest BCUT2D eigenvalue weighted by Gasteiger charge is 2.53. The van der Waals surface area contributed by atoms with Crippen LogP contribution in [-0.2, 0) is 10.2 Å². The molecule has 3 fully saturated rings. The zero-order valence-corrected chi connectivity index (χ0v) is 11.0. The number of hydrogen-bond acceptors (Lipinski definition) is 1. The van der Waals surface area contributed by atoms with Gasteiger partial charge >= 0.3 is 5.97 Å². The first-order chi connectivity index (χ1) is 8.58. The van der Waals surface area contributed by atoms with Gasteiger partial charge in [0.05, 0.1) is 5.41 Å². The van der Waals surface area contributed by atoms with E-state index in [4.69, 9.17) is 11.6 Å². The van der Waals surface area contributed by atoms with Gasteiger partial charge in [-0.05, 0) is 55.6 Å². The lowest BCUT2D eigenvalue weighted by atomic mass is 9.52. The number of rotatable bonds is 2. The van der Waals surface area contributed by atoms with Crippen LogP contribution in [0.15, 0.2) is 24.3 Å². The van der Waals surface area contributed by atoms with Gasteiger partial charge in [0.1, 0.15) is 0 Å². The molecule has 2 bridgehead atoms. The first kappa shape index (κ1) is 12.0. The standard InChI is InChI=1S/C15H17ClO2/c16-12-4-2-1-3-11(12)14-5-8-15(9-6-14,10-7-14)13(17)18/h1-4H,5-10H2,(H,17,18). The molecule has 0 spiro atoms. The second-order valence-electron chi connectivity index (χ2n) is 5.85. The number of fused-ring (bicyclic) bond motifs is 3. The molecule has 0 atom stereocenters. The number of halogens is 1. The van der Waals surface area contributed by atoms with Gasteiger partial charge < -0.3 is 5.11 Å². The van der Waals surface area contributed by atoms with Gasteiger partial charge in [0.25, 0.3) is 0 Å². The largest absolute Gasteiger partial charge is 0.481 e. The van der Waals surface area contributed by atoms with Crippen LogP contribution < -0.4 is 0 Å². The molecule has 1 N–H and O–H groups in total. The van der Waals surface area contributed by atoms with Crippen LogP contribution in [0, 0.1) is 5.41 Å². The summed E-state index contributed by atoms with van der Waals surface area (Å²) in [5.74, 6) is -0.602. The van der Waals surface area contributed by atoms with Crippen LogP contribution in [0.3, 0.4) is 0 Å². The van der Waals surface area contributed by atoms with Crippen LogP contribution in [0.2, 0.25) is 5.02 Å². The Bertz CT molecular complexity index is 470. The van der Waals surface area contributed by atoms with E-state index in [2.05, 4.69) is 6.07 Å². The molecular formula is C15H17ClO2. The Morgan fingerprint density at radius 1 is 1.06 bits per heavy atom. The summed E-state index contributed by atoms with van der Waals surface area (Å²) in [7, 11) is 0. The minimum atomic E-state index is -0.602. The molecule has 96 valence electrons. The van der Waals surface area contributed by atoms with Crippen molar-refractivity contribution in [2.24, 2.45) is 5.41 Å². The summed E-state index contributed by atoms with van der Waals surface area (Å²) >= 11 is 6.32. The maximum Gasteiger partial charge on any atom is 0.309 e. The molecule has 2 nitrogen and oxygen atoms in total. The van der Waals surface area contributed by atoms with E-state index in [1.165, 1.54) is 5.56 Å². The second kappa shape index (κ2) is 3.99. The van der Waals surface area contributed by atoms with Crippen molar-refractivity contribution in [1.29, 1.82) is 0 Å². The van der Waals surface area contributed by atoms with Crippen LogP contribution in [0.4, 0.5) is 0 Å². The van der Waals surface area contributed by atoms with E-state index in [0.717, 1.165) is 43.5 Å². The lowest BCUT2D eigenvalue weighted by molar-refractivity contribution is -0.156. The highest BCUT2D eigenvalue weighted by atomic mass is 35.5. The minimum absolute atomic E-state index is 0.134. The molecule has 0 amide bonds. The second-order valence-corrected chi connectivity index (χ2v) is 6.25. The molecule has 1 aromatic rings. The first-order valence-electron chi connectivity index (χ1n) is 6.57. The Hall–Kier alpha value is -1.02. The van der Waals surface area contributed by atoms with Gasteiger partial charge in [-0.1, -0.05) is 29.8 Å². The number of carbonyl (C=O) groups is 1. The van der Waals surface area contributed by atoms with Crippen LogP contribution in [0.5, 0.6) is 0 Å². The Morgan fingerprint density at radius 2 is 1.61 bits per heavy atom. The number of aliphatic carboxylic acids is 1. The van der Waals surface area contributed by atoms with Crippen molar-refractivity contribution < 1.29 is 9.90 Å². The summed E-state index contributed by atoms with van der Waals surface area (Å²) in [6, 6.07) is 8.04. The molecule has 0 saturated heterocycles. The number of carboxylic acid groups (broad SMARTS) is 1. The van der Waals surface area contributed by atoms with Gasteiger partial charge in [-0.15, -0.1) is 0 Å². The van der Waals surface area contributed by atoms with E-state index in [9.17, 15) is 9.90 Å². The third-order valence-corrected chi connectivity index (χ3v) is 5.47. The fourth-order valence-corrected chi connectivity index (χ4v) is 4.14. The van der Waals surface area contributed by atoms with Crippen molar-refractivity contribution in [3.05, 3.63) is 34.9 Å². The molecule has 3 saturated carbocycles. The fraction of sp³-hybridized carbons (Fsp3) is 0.533. The third-order valence-electron chi connectivity index (χ3n) is 5.15. The average molecular weight is 265 g/mol. The molecule has 0 radical (unpaired) electrons. The lowest BCUT2D eigenvalue weighted by Crippen LogP contribution is -2.48. The maximum atomic E-state index is 11.4. The fourth-order valence-electron chi connectivity index (χ4n) is 3.80. The summed E-state index contributed by atoms with van der Waals surface area (Å²) < 4.78 is 0. The maximum absolute atomic E-state index is 11.4. The molecule has 0 heterocycles. The predicted molar refractivity (Wildman–Crippen MR) is 70.9 cm³/mol. The van der Waals surface area contributed by atoms with E-state index in [0.29, 0.717) is 0 Å². The van der Waals surface area contributed by atoms with Crippen molar-refractivity contribution in [2.45, 2.75) is 43.9 Å². The summed E-state index contributed by atoms with van der Waals surface area (Å²) in [6.45, 7) is 0. The van der Waals surface area contributed by atoms with Gasteiger partial charge in [0, 0.05) is 5.02 Å². The number of benzene rings is 1. The summed E-state index contributed by atoms with van der Waals surface area (Å²) in [5.41, 5.74) is 0.920. The van der Waals surface area contributed by atoms with Gasteiger partial charge in [-0.2, -0.15) is 0 Å². The van der Waals surface area contributed by atoms with Gasteiger partial charge in [0.15, 0.2) is 0 Å². The van der Waals surface area contributed by atoms with Crippen molar-refractivity contribution >= 4 is 17.6 Å². The molecular weight excluding hydrogens is 248 g/mol. The van der Waals surface area contributed by atoms with E-state index < -0.39 is 11.4 Å². The molecule has 4 rings (SSSR count). The highest BCUT2D eigenvalue weighted by molar-refractivity contribution is 6.31. The molecule has 0 unspecified atom stereocenters. The molecule has 0 aliphatic heterocycles. The first-order valence-corrected chi connectivity index (χ1v) is 6.94. The van der Waals surface area contributed by atoms with E-state index >= 15 is 0 Å². The zero-order chi connectivity index (χ0) is 12.8. The third kappa shape index (κ3) is 1.58. The molecule has 1 aromatic carbocycles. The Morgan fingerprint density at radius 3 is 2.11 bits per heavy atom. The monoisotopic (exact) mass is 264 g/mol. The Kier molecular flexibility index (Phi) is 2.67. The van der Waals surface area contributed by atoms with Crippen LogP contribution in [-0.4, -0.2) is 11.1 Å². The summed E-state index contributed by atoms with van der Waals surface area (Å²) in [6.07, 6.45) is 5.28. The van der Waals surface area contributed by atoms with Gasteiger partial charge in [0.2, 0.25) is 0 Å². The minimum Gasteiger partial charge on any atom is -0.481 e. The number of hydrogen-bond donors (Lipinski definition) is 1. The van der Waals surface area contributed by atoms with E-state index in [1.807, 2.05) is 18.2 Å². The Balaban J connectivity index is 1.94. The molecule has 18 heavy (non-hydrogen) atoms. The molecule has 0 aromatic heterocycles. The van der Waals surface area contributed by atoms with Crippen molar-refractivity contribution in [2.75, 3.05) is 0 Å². The van der Waals surface area contributed by atoms with Crippen molar-refractivity contribution in [3.8, 4) is 0 Å². The van der Waals surface area contributed by atoms with E-state index in [-0.39, 0.29) is 5.41 Å². The van der Waals surface area contributed by atoms with Crippen LogP contribution >= 0.6 is 11.6 Å². The zero-order valence-electron chi connectivity index (χ0n) is 10.3. The van der Waals surface area contributed by atoms with Crippen LogP contribution in [0.25, 0.3) is 0 Å². The molecule has 3 aliphatic rings. The van der Waals surface area contributed by atoms with Crippen molar-refractivity contribution in [1.82, 2.24) is 0 Å². The lowest BCUT2D eigenvalue weighted by Gasteiger charge is -2.51. The SMILES string of the molecule is O=C(O)C12CCC(c3ccccc3Cl)(CC1)CC2. The van der Waals surface area contributed by atoms with E-state index in [1.54, 1.807) is 0 Å². The molecule has 3 aliphatic carbocycles. The predicted octanol–water partition coefficient (Wildman–Crippen LogP) is 4.02. The average Bonchev–Trinajstić information content (AvgIpc) is 2.41. The van der Waals surface area contributed by atoms with Crippen LogP contribution in [0.1, 0.15) is 44.1 Å². The van der Waals surface area contributed by atoms with Gasteiger partial charge in [-0.3, -0.25) is 4.79 Å². The summed E-state index contributed by atoms with van der Waals surface area (Å²) in [4.78, 5) is 11.4. The smallest absolute Gasteiger partial charge is 0.309 e. The topological polar surface area (TPSA) is 37.3 Å². The number of carboxylic acids is 1. The Labute approximate surface area is 112 Å². The molecule has 3 heteroatoms. The van der Waals surface area contributed by atoms with Gasteiger partial charge in [-0.25, -0.2) is 0 Å². The highest BCUT2D eigenvalue weighted by Crippen LogP contribution is 2.58. The van der Waals surface area contributed by atoms with Crippen molar-refractivity contribution in [3.63, 3.8) is 0 Å². The normalized spacial score (nSPS) is 34.5.